The van der Waals surface area contributed by atoms with E-state index >= 15 is 0 Å². The number of likely N-dealkylation sites (tertiary alicyclic amines) is 1. The maximum absolute atomic E-state index is 6.18. The average Bonchev–Trinajstić information content (AvgIpc) is 3.06. The van der Waals surface area contributed by atoms with Gasteiger partial charge in [-0.25, -0.2) is 0 Å². The fourth-order valence-electron chi connectivity index (χ4n) is 2.71. The highest BCUT2D eigenvalue weighted by Gasteiger charge is 2.30. The van der Waals surface area contributed by atoms with Crippen molar-refractivity contribution in [2.45, 2.75) is 25.4 Å². The molecule has 1 atom stereocenters. The number of nitrogens with zero attached hydrogens (tertiary/aromatic N) is 6. The number of aromatic nitrogens is 5. The van der Waals surface area contributed by atoms with E-state index in [9.17, 15) is 0 Å². The van der Waals surface area contributed by atoms with Gasteiger partial charge in [0.05, 0.1) is 23.0 Å². The second-order valence-corrected chi connectivity index (χ2v) is 5.40. The molecule has 0 N–H and O–H groups in total. The summed E-state index contributed by atoms with van der Waals surface area (Å²) in [4.78, 5) is 2.40. The van der Waals surface area contributed by atoms with Crippen LogP contribution in [0.25, 0.3) is 0 Å². The van der Waals surface area contributed by atoms with Crippen LogP contribution in [-0.4, -0.2) is 36.0 Å². The van der Waals surface area contributed by atoms with Crippen molar-refractivity contribution in [2.24, 2.45) is 14.1 Å². The van der Waals surface area contributed by atoms with Crippen LogP contribution in [0.2, 0.25) is 5.02 Å². The predicted octanol–water partition coefficient (Wildman–Crippen LogP) is 1.54. The highest BCUT2D eigenvalue weighted by Crippen LogP contribution is 2.32. The molecule has 1 aliphatic rings. The number of hydrogen-bond acceptors (Lipinski definition) is 4. The molecule has 2 aromatic rings. The lowest BCUT2D eigenvalue weighted by atomic mass is 10.2. The van der Waals surface area contributed by atoms with Crippen molar-refractivity contribution in [3.05, 3.63) is 29.1 Å². The van der Waals surface area contributed by atoms with Crippen molar-refractivity contribution in [2.75, 3.05) is 6.54 Å². The second kappa shape index (κ2) is 4.94. The van der Waals surface area contributed by atoms with Crippen molar-refractivity contribution >= 4 is 11.6 Å². The summed E-state index contributed by atoms with van der Waals surface area (Å²) in [6.45, 7) is 1.85. The van der Waals surface area contributed by atoms with Crippen molar-refractivity contribution in [1.29, 1.82) is 0 Å². The van der Waals surface area contributed by atoms with Gasteiger partial charge in [-0.3, -0.25) is 9.58 Å². The van der Waals surface area contributed by atoms with Gasteiger partial charge in [0.15, 0.2) is 0 Å². The molecular formula is C12H17ClN6. The fraction of sp³-hybridized carbons (Fsp3) is 0.583. The smallest absolute Gasteiger partial charge is 0.149 e. The first-order valence-corrected chi connectivity index (χ1v) is 6.79. The molecule has 19 heavy (non-hydrogen) atoms. The van der Waals surface area contributed by atoms with Gasteiger partial charge in [-0.2, -0.15) is 5.10 Å². The van der Waals surface area contributed by atoms with Gasteiger partial charge in [0.1, 0.15) is 12.2 Å². The van der Waals surface area contributed by atoms with Gasteiger partial charge < -0.3 is 4.57 Å². The van der Waals surface area contributed by atoms with Crippen LogP contribution in [0.1, 0.15) is 30.4 Å². The quantitative estimate of drug-likeness (QED) is 0.856. The molecule has 1 fully saturated rings. The van der Waals surface area contributed by atoms with E-state index in [1.807, 2.05) is 23.3 Å². The SMILES string of the molecule is Cn1cnnc1C1CCCN1Cc1c(Cl)cnn1C. The molecule has 0 aliphatic carbocycles. The van der Waals surface area contributed by atoms with Crippen LogP contribution >= 0.6 is 11.6 Å². The number of rotatable bonds is 3. The van der Waals surface area contributed by atoms with E-state index in [4.69, 9.17) is 11.6 Å². The summed E-state index contributed by atoms with van der Waals surface area (Å²) in [7, 11) is 3.91. The molecule has 0 bridgehead atoms. The van der Waals surface area contributed by atoms with Gasteiger partial charge in [-0.1, -0.05) is 11.6 Å². The Kier molecular flexibility index (Phi) is 3.28. The first-order chi connectivity index (χ1) is 9.16. The highest BCUT2D eigenvalue weighted by molar-refractivity contribution is 6.31. The van der Waals surface area contributed by atoms with Crippen LogP contribution in [0, 0.1) is 0 Å². The third-order valence-electron chi connectivity index (χ3n) is 3.77. The highest BCUT2D eigenvalue weighted by atomic mass is 35.5. The van der Waals surface area contributed by atoms with Gasteiger partial charge in [0.2, 0.25) is 0 Å². The van der Waals surface area contributed by atoms with Crippen LogP contribution in [0.4, 0.5) is 0 Å². The monoisotopic (exact) mass is 280 g/mol. The van der Waals surface area contributed by atoms with Crippen molar-refractivity contribution in [1.82, 2.24) is 29.4 Å². The molecule has 6 nitrogen and oxygen atoms in total. The summed E-state index contributed by atoms with van der Waals surface area (Å²) in [6.07, 6.45) is 5.74. The van der Waals surface area contributed by atoms with Crippen LogP contribution in [0.3, 0.4) is 0 Å². The van der Waals surface area contributed by atoms with Crippen LogP contribution in [-0.2, 0) is 20.6 Å². The lowest BCUT2D eigenvalue weighted by Gasteiger charge is -2.23. The van der Waals surface area contributed by atoms with Crippen LogP contribution in [0.5, 0.6) is 0 Å². The lowest BCUT2D eigenvalue weighted by molar-refractivity contribution is 0.230. The Hall–Kier alpha value is -1.40. The zero-order valence-electron chi connectivity index (χ0n) is 11.1. The number of halogens is 1. The Labute approximate surface area is 117 Å². The zero-order chi connectivity index (χ0) is 13.4. The van der Waals surface area contributed by atoms with E-state index in [0.717, 1.165) is 36.1 Å². The minimum Gasteiger partial charge on any atom is -0.319 e. The summed E-state index contributed by atoms with van der Waals surface area (Å²) in [5.41, 5.74) is 1.05. The molecule has 3 rings (SSSR count). The summed E-state index contributed by atoms with van der Waals surface area (Å²) in [6, 6.07) is 0.318. The first kappa shape index (κ1) is 12.6. The summed E-state index contributed by atoms with van der Waals surface area (Å²) in [5, 5.41) is 13.1. The second-order valence-electron chi connectivity index (χ2n) is 4.99. The van der Waals surface area contributed by atoms with Crippen molar-refractivity contribution < 1.29 is 0 Å². The van der Waals surface area contributed by atoms with E-state index < -0.39 is 0 Å². The molecule has 7 heteroatoms. The van der Waals surface area contributed by atoms with Gasteiger partial charge in [0.25, 0.3) is 0 Å². The summed E-state index contributed by atoms with van der Waals surface area (Å²) >= 11 is 6.18. The predicted molar refractivity (Wildman–Crippen MR) is 71.6 cm³/mol. The van der Waals surface area contributed by atoms with E-state index in [1.165, 1.54) is 6.42 Å². The molecule has 0 radical (unpaired) electrons. The Balaban J connectivity index is 1.83. The van der Waals surface area contributed by atoms with Crippen LogP contribution < -0.4 is 0 Å². The molecular weight excluding hydrogens is 264 g/mol. The minimum atomic E-state index is 0.318. The molecule has 0 saturated carbocycles. The topological polar surface area (TPSA) is 51.8 Å². The number of aryl methyl sites for hydroxylation is 2. The maximum atomic E-state index is 6.18. The maximum Gasteiger partial charge on any atom is 0.149 e. The largest absolute Gasteiger partial charge is 0.319 e. The Morgan fingerprint density at radius 1 is 1.42 bits per heavy atom. The molecule has 1 saturated heterocycles. The van der Waals surface area contributed by atoms with Crippen LogP contribution in [0.15, 0.2) is 12.5 Å². The normalized spacial score (nSPS) is 20.3. The van der Waals surface area contributed by atoms with Gasteiger partial charge >= 0.3 is 0 Å². The zero-order valence-corrected chi connectivity index (χ0v) is 11.9. The Morgan fingerprint density at radius 2 is 2.26 bits per heavy atom. The molecule has 3 heterocycles. The molecule has 0 aromatic carbocycles. The van der Waals surface area contributed by atoms with Gasteiger partial charge in [-0.05, 0) is 19.4 Å². The summed E-state index contributed by atoms with van der Waals surface area (Å²) < 4.78 is 3.84. The third-order valence-corrected chi connectivity index (χ3v) is 4.09. The van der Waals surface area contributed by atoms with Gasteiger partial charge in [0, 0.05) is 20.6 Å². The fourth-order valence-corrected chi connectivity index (χ4v) is 2.93. The van der Waals surface area contributed by atoms with E-state index in [2.05, 4.69) is 20.2 Å². The average molecular weight is 281 g/mol. The number of hydrogen-bond donors (Lipinski definition) is 0. The van der Waals surface area contributed by atoms with E-state index in [1.54, 1.807) is 12.5 Å². The minimum absolute atomic E-state index is 0.318. The molecule has 2 aromatic heterocycles. The Morgan fingerprint density at radius 3 is 2.89 bits per heavy atom. The molecule has 0 spiro atoms. The van der Waals surface area contributed by atoms with Crippen molar-refractivity contribution in [3.63, 3.8) is 0 Å². The molecule has 102 valence electrons. The van der Waals surface area contributed by atoms with E-state index in [-0.39, 0.29) is 0 Å². The lowest BCUT2D eigenvalue weighted by Crippen LogP contribution is -2.26. The third kappa shape index (κ3) is 2.26. The molecule has 1 aliphatic heterocycles. The van der Waals surface area contributed by atoms with Crippen molar-refractivity contribution in [3.8, 4) is 0 Å². The standard InChI is InChI=1S/C12H17ClN6/c1-17-8-14-16-12(17)10-4-3-5-19(10)7-11-9(13)6-15-18(11)2/h6,8,10H,3-5,7H2,1-2H3. The van der Waals surface area contributed by atoms with Gasteiger partial charge in [-0.15, -0.1) is 10.2 Å². The molecule has 1 unspecified atom stereocenters. The van der Waals surface area contributed by atoms with E-state index in [0.29, 0.717) is 6.04 Å². The summed E-state index contributed by atoms with van der Waals surface area (Å²) in [5.74, 6) is 1.02. The molecule has 0 amide bonds. The Bertz CT molecular complexity index is 555. The first-order valence-electron chi connectivity index (χ1n) is 6.41.